The molecule has 3 nitrogen and oxygen atoms in total. The molecule has 1 aliphatic heterocycles. The second-order valence-electron chi connectivity index (χ2n) is 5.54. The van der Waals surface area contributed by atoms with Gasteiger partial charge in [-0.05, 0) is 25.3 Å². The van der Waals surface area contributed by atoms with Crippen LogP contribution >= 0.6 is 11.3 Å². The van der Waals surface area contributed by atoms with Crippen LogP contribution in [0.2, 0.25) is 0 Å². The van der Waals surface area contributed by atoms with Crippen LogP contribution in [-0.4, -0.2) is 24.6 Å². The van der Waals surface area contributed by atoms with Gasteiger partial charge in [0.2, 0.25) is 0 Å². The molecule has 2 rings (SSSR count). The second-order valence-corrected chi connectivity index (χ2v) is 6.63. The third-order valence-corrected chi connectivity index (χ3v) is 4.33. The molecule has 0 amide bonds. The number of hydrogen-bond acceptors (Lipinski definition) is 4. The number of thiazole rings is 1. The molecule has 1 aliphatic rings. The van der Waals surface area contributed by atoms with Crippen molar-refractivity contribution < 1.29 is 0 Å². The lowest BCUT2D eigenvalue weighted by molar-refractivity contribution is 0.554. The zero-order valence-electron chi connectivity index (χ0n) is 11.6. The van der Waals surface area contributed by atoms with Gasteiger partial charge in [-0.25, -0.2) is 4.98 Å². The van der Waals surface area contributed by atoms with E-state index in [0.29, 0.717) is 5.92 Å². The molecule has 1 N–H and O–H groups in total. The first-order chi connectivity index (χ1) is 8.75. The van der Waals surface area contributed by atoms with Gasteiger partial charge in [-0.15, -0.1) is 11.3 Å². The van der Waals surface area contributed by atoms with Crippen LogP contribution in [0.1, 0.15) is 44.4 Å². The van der Waals surface area contributed by atoms with Crippen molar-refractivity contribution in [2.24, 2.45) is 5.92 Å². The predicted octanol–water partition coefficient (Wildman–Crippen LogP) is 3.27. The quantitative estimate of drug-likeness (QED) is 0.887. The standard InChI is InChI=1S/C14H25N3S/c1-12(2)9-15-10-13-11-16-14(18-13)17-7-5-3-4-6-8-17/h11-12,15H,3-10H2,1-2H3. The van der Waals surface area contributed by atoms with Crippen LogP contribution in [0.4, 0.5) is 5.13 Å². The van der Waals surface area contributed by atoms with E-state index in [2.05, 4.69) is 29.0 Å². The van der Waals surface area contributed by atoms with E-state index >= 15 is 0 Å². The fraction of sp³-hybridized carbons (Fsp3) is 0.786. The average molecular weight is 267 g/mol. The number of rotatable bonds is 5. The molecule has 0 bridgehead atoms. The van der Waals surface area contributed by atoms with Crippen molar-refractivity contribution in [3.05, 3.63) is 11.1 Å². The van der Waals surface area contributed by atoms with E-state index in [-0.39, 0.29) is 0 Å². The molecule has 1 saturated heterocycles. The topological polar surface area (TPSA) is 28.2 Å². The maximum atomic E-state index is 4.58. The molecule has 0 aliphatic carbocycles. The Balaban J connectivity index is 1.84. The Morgan fingerprint density at radius 2 is 2.00 bits per heavy atom. The van der Waals surface area contributed by atoms with Crippen molar-refractivity contribution in [3.8, 4) is 0 Å². The summed E-state index contributed by atoms with van der Waals surface area (Å²) in [5, 5.41) is 4.70. The summed E-state index contributed by atoms with van der Waals surface area (Å²) in [5.74, 6) is 0.711. The van der Waals surface area contributed by atoms with Crippen LogP contribution in [-0.2, 0) is 6.54 Å². The third-order valence-electron chi connectivity index (χ3n) is 3.27. The fourth-order valence-corrected chi connectivity index (χ4v) is 3.20. The molecule has 1 aromatic heterocycles. The normalized spacial score (nSPS) is 17.2. The number of nitrogens with one attached hydrogen (secondary N) is 1. The Labute approximate surface area is 115 Å². The number of nitrogens with zero attached hydrogens (tertiary/aromatic N) is 2. The van der Waals surface area contributed by atoms with Crippen molar-refractivity contribution >= 4 is 16.5 Å². The Kier molecular flexibility index (Phi) is 5.45. The summed E-state index contributed by atoms with van der Waals surface area (Å²) in [6.07, 6.45) is 7.44. The molecule has 2 heterocycles. The molecule has 18 heavy (non-hydrogen) atoms. The maximum absolute atomic E-state index is 4.58. The molecule has 0 unspecified atom stereocenters. The van der Waals surface area contributed by atoms with Crippen molar-refractivity contribution in [2.45, 2.75) is 46.1 Å². The molecule has 0 atom stereocenters. The Morgan fingerprint density at radius 3 is 2.67 bits per heavy atom. The number of anilines is 1. The summed E-state index contributed by atoms with van der Waals surface area (Å²) in [5.41, 5.74) is 0. The minimum atomic E-state index is 0.711. The SMILES string of the molecule is CC(C)CNCc1cnc(N2CCCCCC2)s1. The van der Waals surface area contributed by atoms with Crippen LogP contribution in [0.25, 0.3) is 0 Å². The molecule has 1 aromatic rings. The van der Waals surface area contributed by atoms with E-state index in [1.54, 1.807) is 0 Å². The second kappa shape index (κ2) is 7.10. The number of aromatic nitrogens is 1. The van der Waals surface area contributed by atoms with Crippen LogP contribution in [0.5, 0.6) is 0 Å². The summed E-state index contributed by atoms with van der Waals surface area (Å²) in [7, 11) is 0. The van der Waals surface area contributed by atoms with Crippen LogP contribution < -0.4 is 10.2 Å². The summed E-state index contributed by atoms with van der Waals surface area (Å²) < 4.78 is 0. The highest BCUT2D eigenvalue weighted by atomic mass is 32.1. The lowest BCUT2D eigenvalue weighted by Crippen LogP contribution is -2.23. The van der Waals surface area contributed by atoms with Crippen molar-refractivity contribution in [1.82, 2.24) is 10.3 Å². The maximum Gasteiger partial charge on any atom is 0.185 e. The molecule has 0 spiro atoms. The molecule has 1 fully saturated rings. The van der Waals surface area contributed by atoms with Crippen molar-refractivity contribution in [2.75, 3.05) is 24.5 Å². The fourth-order valence-electron chi connectivity index (χ4n) is 2.27. The Morgan fingerprint density at radius 1 is 1.28 bits per heavy atom. The first kappa shape index (κ1) is 13.8. The van der Waals surface area contributed by atoms with Gasteiger partial charge in [0.15, 0.2) is 5.13 Å². The smallest absolute Gasteiger partial charge is 0.185 e. The summed E-state index contributed by atoms with van der Waals surface area (Å²) in [6, 6.07) is 0. The van der Waals surface area contributed by atoms with Gasteiger partial charge in [-0.1, -0.05) is 26.7 Å². The van der Waals surface area contributed by atoms with Crippen molar-refractivity contribution in [3.63, 3.8) is 0 Å². The monoisotopic (exact) mass is 267 g/mol. The summed E-state index contributed by atoms with van der Waals surface area (Å²) in [6.45, 7) is 8.89. The molecule has 0 radical (unpaired) electrons. The predicted molar refractivity (Wildman–Crippen MR) is 79.3 cm³/mol. The molecular weight excluding hydrogens is 242 g/mol. The number of hydrogen-bond donors (Lipinski definition) is 1. The zero-order chi connectivity index (χ0) is 12.8. The van der Waals surface area contributed by atoms with Crippen LogP contribution in [0.15, 0.2) is 6.20 Å². The van der Waals surface area contributed by atoms with Gasteiger partial charge in [0.1, 0.15) is 0 Å². The van der Waals surface area contributed by atoms with Crippen LogP contribution in [0, 0.1) is 5.92 Å². The van der Waals surface area contributed by atoms with Gasteiger partial charge >= 0.3 is 0 Å². The van der Waals surface area contributed by atoms with E-state index < -0.39 is 0 Å². The van der Waals surface area contributed by atoms with E-state index in [1.165, 1.54) is 48.8 Å². The van der Waals surface area contributed by atoms with Gasteiger partial charge in [0, 0.05) is 30.7 Å². The van der Waals surface area contributed by atoms with Gasteiger partial charge in [0.25, 0.3) is 0 Å². The Hall–Kier alpha value is -0.610. The minimum Gasteiger partial charge on any atom is -0.348 e. The first-order valence-electron chi connectivity index (χ1n) is 7.16. The van der Waals surface area contributed by atoms with Gasteiger partial charge in [-0.2, -0.15) is 0 Å². The average Bonchev–Trinajstić information content (AvgIpc) is 2.63. The first-order valence-corrected chi connectivity index (χ1v) is 7.97. The largest absolute Gasteiger partial charge is 0.348 e. The molecule has 0 aromatic carbocycles. The molecule has 4 heteroatoms. The van der Waals surface area contributed by atoms with E-state index in [4.69, 9.17) is 0 Å². The van der Waals surface area contributed by atoms with Crippen molar-refractivity contribution in [1.29, 1.82) is 0 Å². The van der Waals surface area contributed by atoms with Crippen LogP contribution in [0.3, 0.4) is 0 Å². The molecule has 0 saturated carbocycles. The van der Waals surface area contributed by atoms with E-state index in [9.17, 15) is 0 Å². The van der Waals surface area contributed by atoms with E-state index in [0.717, 1.165) is 13.1 Å². The third kappa shape index (κ3) is 4.25. The van der Waals surface area contributed by atoms with Gasteiger partial charge in [0.05, 0.1) is 0 Å². The lowest BCUT2D eigenvalue weighted by atomic mass is 10.2. The van der Waals surface area contributed by atoms with Gasteiger partial charge < -0.3 is 10.2 Å². The van der Waals surface area contributed by atoms with E-state index in [1.807, 2.05) is 17.5 Å². The Bertz CT molecular complexity index is 341. The van der Waals surface area contributed by atoms with Gasteiger partial charge in [-0.3, -0.25) is 0 Å². The highest BCUT2D eigenvalue weighted by Crippen LogP contribution is 2.25. The zero-order valence-corrected chi connectivity index (χ0v) is 12.4. The summed E-state index contributed by atoms with van der Waals surface area (Å²) >= 11 is 1.85. The summed E-state index contributed by atoms with van der Waals surface area (Å²) in [4.78, 5) is 8.40. The molecule has 102 valence electrons. The highest BCUT2D eigenvalue weighted by molar-refractivity contribution is 7.15. The lowest BCUT2D eigenvalue weighted by Gasteiger charge is -2.18. The minimum absolute atomic E-state index is 0.711. The highest BCUT2D eigenvalue weighted by Gasteiger charge is 2.13. The molecular formula is C14H25N3S.